The van der Waals surface area contributed by atoms with Crippen molar-refractivity contribution in [3.05, 3.63) is 23.8 Å². The Morgan fingerprint density at radius 2 is 1.92 bits per heavy atom. The third-order valence-corrected chi connectivity index (χ3v) is 4.64. The van der Waals surface area contributed by atoms with Crippen LogP contribution < -0.4 is 15.4 Å². The first-order valence-electron chi connectivity index (χ1n) is 8.88. The van der Waals surface area contributed by atoms with Crippen molar-refractivity contribution in [1.82, 2.24) is 10.2 Å². The molecule has 6 heteroatoms. The van der Waals surface area contributed by atoms with Gasteiger partial charge in [0.1, 0.15) is 5.75 Å². The summed E-state index contributed by atoms with van der Waals surface area (Å²) in [4.78, 5) is 26.5. The molecule has 0 saturated carbocycles. The van der Waals surface area contributed by atoms with E-state index in [1.165, 1.54) is 0 Å². The summed E-state index contributed by atoms with van der Waals surface area (Å²) in [5, 5.41) is 6.07. The summed E-state index contributed by atoms with van der Waals surface area (Å²) >= 11 is 0. The molecule has 0 bridgehead atoms. The van der Waals surface area contributed by atoms with Gasteiger partial charge in [-0.2, -0.15) is 0 Å². The van der Waals surface area contributed by atoms with Gasteiger partial charge in [0.25, 0.3) is 5.91 Å². The van der Waals surface area contributed by atoms with Crippen molar-refractivity contribution in [2.24, 2.45) is 0 Å². The molecule has 0 atom stereocenters. The molecule has 1 saturated heterocycles. The van der Waals surface area contributed by atoms with Crippen LogP contribution in [0.2, 0.25) is 0 Å². The lowest BCUT2D eigenvalue weighted by molar-refractivity contribution is -0.121. The molecule has 0 radical (unpaired) electrons. The molecule has 2 N–H and O–H groups in total. The van der Waals surface area contributed by atoms with Crippen molar-refractivity contribution in [2.45, 2.75) is 45.6 Å². The molecule has 1 fully saturated rings. The summed E-state index contributed by atoms with van der Waals surface area (Å²) in [7, 11) is 1.57. The molecule has 2 amide bonds. The molecule has 0 aliphatic carbocycles. The lowest BCUT2D eigenvalue weighted by atomic mass is 10.0. The van der Waals surface area contributed by atoms with Crippen LogP contribution in [0.25, 0.3) is 0 Å². The Bertz CT molecular complexity index is 622. The molecule has 1 aromatic carbocycles. The van der Waals surface area contributed by atoms with Crippen molar-refractivity contribution in [3.8, 4) is 5.75 Å². The number of rotatable bonds is 7. The fraction of sp³-hybridized carbons (Fsp3) is 0.579. The normalized spacial score (nSPS) is 14.3. The maximum Gasteiger partial charge on any atom is 0.253 e. The van der Waals surface area contributed by atoms with Gasteiger partial charge in [-0.15, -0.1) is 0 Å². The zero-order valence-corrected chi connectivity index (χ0v) is 15.6. The van der Waals surface area contributed by atoms with Gasteiger partial charge in [-0.25, -0.2) is 0 Å². The predicted molar refractivity (Wildman–Crippen MR) is 99.1 cm³/mol. The summed E-state index contributed by atoms with van der Waals surface area (Å²) in [6.07, 6.45) is 2.96. The van der Waals surface area contributed by atoms with Crippen LogP contribution in [0.5, 0.6) is 5.75 Å². The standard InChI is InChI=1S/C19H29N3O3/c1-5-19(2,3)21-17(23)13-20-15-12-14(8-9-16(15)25-4)18(24)22-10-6-7-11-22/h8-9,12,20H,5-7,10-11,13H2,1-4H3,(H,21,23). The van der Waals surface area contributed by atoms with Crippen LogP contribution in [0.1, 0.15) is 50.4 Å². The average Bonchev–Trinajstić information content (AvgIpc) is 3.13. The Kier molecular flexibility index (Phi) is 6.28. The lowest BCUT2D eigenvalue weighted by Gasteiger charge is -2.24. The molecule has 1 aromatic rings. The highest BCUT2D eigenvalue weighted by molar-refractivity contribution is 5.96. The van der Waals surface area contributed by atoms with Gasteiger partial charge in [0, 0.05) is 24.2 Å². The quantitative estimate of drug-likeness (QED) is 0.795. The van der Waals surface area contributed by atoms with Crippen LogP contribution in [-0.4, -0.2) is 49.0 Å². The molecule has 0 spiro atoms. The van der Waals surface area contributed by atoms with Gasteiger partial charge >= 0.3 is 0 Å². The molecule has 1 heterocycles. The third kappa shape index (κ3) is 5.11. The van der Waals surface area contributed by atoms with E-state index in [1.54, 1.807) is 25.3 Å². The van der Waals surface area contributed by atoms with Gasteiger partial charge in [-0.05, 0) is 51.3 Å². The van der Waals surface area contributed by atoms with Crippen LogP contribution in [0, 0.1) is 0 Å². The van der Waals surface area contributed by atoms with E-state index in [9.17, 15) is 9.59 Å². The molecule has 1 aliphatic rings. The van der Waals surface area contributed by atoms with Gasteiger partial charge in [0.2, 0.25) is 5.91 Å². The number of ether oxygens (including phenoxy) is 1. The smallest absolute Gasteiger partial charge is 0.253 e. The van der Waals surface area contributed by atoms with E-state index in [2.05, 4.69) is 10.6 Å². The van der Waals surface area contributed by atoms with Crippen molar-refractivity contribution in [3.63, 3.8) is 0 Å². The summed E-state index contributed by atoms with van der Waals surface area (Å²) in [6.45, 7) is 7.75. The van der Waals surface area contributed by atoms with Gasteiger partial charge in [-0.1, -0.05) is 6.92 Å². The number of hydrogen-bond acceptors (Lipinski definition) is 4. The number of carbonyl (C=O) groups excluding carboxylic acids is 2. The van der Waals surface area contributed by atoms with Crippen LogP contribution >= 0.6 is 0 Å². The number of amides is 2. The summed E-state index contributed by atoms with van der Waals surface area (Å²) < 4.78 is 5.34. The first-order valence-corrected chi connectivity index (χ1v) is 8.88. The highest BCUT2D eigenvalue weighted by atomic mass is 16.5. The second-order valence-corrected chi connectivity index (χ2v) is 7.05. The SMILES string of the molecule is CCC(C)(C)NC(=O)CNc1cc(C(=O)N2CCCC2)ccc1OC. The highest BCUT2D eigenvalue weighted by Crippen LogP contribution is 2.26. The number of likely N-dealkylation sites (tertiary alicyclic amines) is 1. The predicted octanol–water partition coefficient (Wildman–Crippen LogP) is 2.65. The fourth-order valence-electron chi connectivity index (χ4n) is 2.77. The molecule has 0 unspecified atom stereocenters. The number of hydrogen-bond donors (Lipinski definition) is 2. The summed E-state index contributed by atoms with van der Waals surface area (Å²) in [5.74, 6) is 0.547. The lowest BCUT2D eigenvalue weighted by Crippen LogP contribution is -2.45. The zero-order chi connectivity index (χ0) is 18.4. The Morgan fingerprint density at radius 3 is 2.52 bits per heavy atom. The van der Waals surface area contributed by atoms with E-state index in [4.69, 9.17) is 4.74 Å². The zero-order valence-electron chi connectivity index (χ0n) is 15.6. The van der Waals surface area contributed by atoms with Gasteiger partial charge in [0.15, 0.2) is 0 Å². The van der Waals surface area contributed by atoms with Crippen LogP contribution in [0.4, 0.5) is 5.69 Å². The second-order valence-electron chi connectivity index (χ2n) is 7.05. The maximum atomic E-state index is 12.5. The number of anilines is 1. The molecule has 2 rings (SSSR count). The van der Waals surface area contributed by atoms with Crippen molar-refractivity contribution < 1.29 is 14.3 Å². The summed E-state index contributed by atoms with van der Waals surface area (Å²) in [5.41, 5.74) is 1.02. The van der Waals surface area contributed by atoms with Crippen molar-refractivity contribution in [2.75, 3.05) is 32.1 Å². The highest BCUT2D eigenvalue weighted by Gasteiger charge is 2.21. The van der Waals surface area contributed by atoms with E-state index in [-0.39, 0.29) is 23.9 Å². The van der Waals surface area contributed by atoms with Gasteiger partial charge in [-0.3, -0.25) is 9.59 Å². The fourth-order valence-corrected chi connectivity index (χ4v) is 2.77. The minimum Gasteiger partial charge on any atom is -0.495 e. The summed E-state index contributed by atoms with van der Waals surface area (Å²) in [6, 6.07) is 5.29. The number of nitrogens with zero attached hydrogens (tertiary/aromatic N) is 1. The Morgan fingerprint density at radius 1 is 1.24 bits per heavy atom. The molecular weight excluding hydrogens is 318 g/mol. The minimum absolute atomic E-state index is 0.0276. The molecule has 6 nitrogen and oxygen atoms in total. The monoisotopic (exact) mass is 347 g/mol. The molecule has 138 valence electrons. The number of benzene rings is 1. The van der Waals surface area contributed by atoms with Crippen LogP contribution in [0.15, 0.2) is 18.2 Å². The Hall–Kier alpha value is -2.24. The first kappa shape index (κ1) is 19.1. The molecule has 25 heavy (non-hydrogen) atoms. The molecule has 1 aliphatic heterocycles. The number of methoxy groups -OCH3 is 1. The van der Waals surface area contributed by atoms with E-state index >= 15 is 0 Å². The topological polar surface area (TPSA) is 70.7 Å². The van der Waals surface area contributed by atoms with Crippen LogP contribution in [0.3, 0.4) is 0 Å². The van der Waals surface area contributed by atoms with E-state index < -0.39 is 0 Å². The van der Waals surface area contributed by atoms with E-state index in [1.807, 2.05) is 25.7 Å². The molecule has 0 aromatic heterocycles. The van der Waals surface area contributed by atoms with Crippen molar-refractivity contribution in [1.29, 1.82) is 0 Å². The maximum absolute atomic E-state index is 12.5. The minimum atomic E-state index is -0.240. The number of carbonyl (C=O) groups is 2. The Labute approximate surface area is 149 Å². The second kappa shape index (κ2) is 8.23. The first-order chi connectivity index (χ1) is 11.9. The third-order valence-electron chi connectivity index (χ3n) is 4.64. The van der Waals surface area contributed by atoms with E-state index in [0.29, 0.717) is 17.0 Å². The van der Waals surface area contributed by atoms with Gasteiger partial charge < -0.3 is 20.3 Å². The molecular formula is C19H29N3O3. The number of nitrogens with one attached hydrogen (secondary N) is 2. The van der Waals surface area contributed by atoms with Crippen LogP contribution in [-0.2, 0) is 4.79 Å². The Balaban J connectivity index is 2.06. The largest absolute Gasteiger partial charge is 0.495 e. The van der Waals surface area contributed by atoms with Gasteiger partial charge in [0.05, 0.1) is 19.3 Å². The van der Waals surface area contributed by atoms with Crippen molar-refractivity contribution >= 4 is 17.5 Å². The van der Waals surface area contributed by atoms with E-state index in [0.717, 1.165) is 32.4 Å². The average molecular weight is 347 g/mol.